The average molecular weight is 943 g/mol. The molecule has 0 aromatic heterocycles. The van der Waals surface area contributed by atoms with Gasteiger partial charge in [0.2, 0.25) is 0 Å². The molecule has 3 aromatic carbocycles. The number of nitrogens with one attached hydrogen (secondary N) is 1. The zero-order chi connectivity index (χ0) is 49.8. The Kier molecular flexibility index (Phi) is 16.2. The molecule has 0 unspecified atom stereocenters. The number of aliphatic hydroxyl groups is 2. The molecule has 0 radical (unpaired) electrons. The molecule has 4 aliphatic heterocycles. The molecule has 368 valence electrons. The quantitative estimate of drug-likeness (QED) is 0.0661. The van der Waals surface area contributed by atoms with Gasteiger partial charge in [0.25, 0.3) is 11.7 Å². The molecule has 6 N–H and O–H groups in total. The Hall–Kier alpha value is -6.14. The standard InChI is InChI=1S/C51H66N4O13/c1-27-14-11-15-28(2)50(63)53-41-36(25-52-55-20-13-19-54(21-22-55)26-34-16-12-17-35(24-34)64-9)45(60)38-39(46(41)61)44(59)32(6)48-40(38)49(62)51(8,68-48)66-23-18-37(65-10)29(3)47(67-33(7)56)31(5)43(58)30(4)42(27)57/h11-12,14-18,23-25,27,29-31,37,42-43,47,57-61H,13,19-22,26H2,1-10H3,(H,53,63)/t27-,29-,30+,31+,37-,42+,43+,47-,51-/m0/s1. The van der Waals surface area contributed by atoms with Gasteiger partial charge in [-0.05, 0) is 44.0 Å². The summed E-state index contributed by atoms with van der Waals surface area (Å²) in [7, 11) is 3.07. The highest BCUT2D eigenvalue weighted by Crippen LogP contribution is 2.55. The second-order valence-electron chi connectivity index (χ2n) is 18.3. The molecule has 0 spiro atoms. The van der Waals surface area contributed by atoms with Crippen LogP contribution in [0.5, 0.6) is 28.7 Å². The van der Waals surface area contributed by atoms with Crippen LogP contribution < -0.4 is 14.8 Å². The fourth-order valence-corrected chi connectivity index (χ4v) is 9.27. The van der Waals surface area contributed by atoms with Gasteiger partial charge in [-0.2, -0.15) is 5.10 Å². The molecule has 4 aliphatic rings. The maximum Gasteiger partial charge on any atom is 0.312 e. The number of anilines is 1. The molecule has 3 aromatic rings. The summed E-state index contributed by atoms with van der Waals surface area (Å²) in [5, 5.41) is 67.9. The molecule has 7 rings (SSSR count). The lowest BCUT2D eigenvalue weighted by molar-refractivity contribution is -0.160. The number of carbonyl (C=O) groups is 3. The Labute approximate surface area is 397 Å². The van der Waals surface area contributed by atoms with E-state index in [4.69, 9.17) is 28.8 Å². The number of phenols is 3. The number of Topliss-reactive ketones (excluding diaryl/α,β-unsaturated/α-hetero) is 1. The summed E-state index contributed by atoms with van der Waals surface area (Å²) in [4.78, 5) is 43.3. The number of ketones is 1. The van der Waals surface area contributed by atoms with E-state index in [0.29, 0.717) is 26.2 Å². The first-order chi connectivity index (χ1) is 32.2. The topological polar surface area (TPSA) is 229 Å². The van der Waals surface area contributed by atoms with Crippen LogP contribution in [0.15, 0.2) is 65.5 Å². The van der Waals surface area contributed by atoms with Crippen molar-refractivity contribution in [1.29, 1.82) is 0 Å². The van der Waals surface area contributed by atoms with Gasteiger partial charge < -0.3 is 54.5 Å². The zero-order valence-electron chi connectivity index (χ0n) is 40.5. The third-order valence-corrected chi connectivity index (χ3v) is 13.5. The van der Waals surface area contributed by atoms with Crippen LogP contribution in [-0.2, 0) is 30.3 Å². The first kappa shape index (κ1) is 51.3. The number of aromatic hydroxyl groups is 3. The number of hydrogen-bond acceptors (Lipinski definition) is 16. The van der Waals surface area contributed by atoms with Gasteiger partial charge in [-0.15, -0.1) is 0 Å². The van der Waals surface area contributed by atoms with Gasteiger partial charge in [0.05, 0.1) is 60.1 Å². The minimum atomic E-state index is -2.07. The lowest BCUT2D eigenvalue weighted by atomic mass is 9.78. The van der Waals surface area contributed by atoms with E-state index >= 15 is 0 Å². The van der Waals surface area contributed by atoms with Gasteiger partial charge in [-0.3, -0.25) is 24.3 Å². The number of allylic oxidation sites excluding steroid dienone is 2. The van der Waals surface area contributed by atoms with Crippen LogP contribution in [0, 0.1) is 30.6 Å². The summed E-state index contributed by atoms with van der Waals surface area (Å²) >= 11 is 0. The van der Waals surface area contributed by atoms with Gasteiger partial charge in [-0.1, -0.05) is 58.1 Å². The fourth-order valence-electron chi connectivity index (χ4n) is 9.27. The minimum absolute atomic E-state index is 0.0473. The number of ether oxygens (including phenoxy) is 5. The Morgan fingerprint density at radius 3 is 2.37 bits per heavy atom. The molecule has 5 bridgehead atoms. The lowest BCUT2D eigenvalue weighted by Crippen LogP contribution is -2.46. The van der Waals surface area contributed by atoms with Crippen LogP contribution in [0.3, 0.4) is 0 Å². The third-order valence-electron chi connectivity index (χ3n) is 13.5. The Balaban J connectivity index is 1.45. The number of amides is 1. The van der Waals surface area contributed by atoms with Crippen molar-refractivity contribution in [2.45, 2.75) is 98.6 Å². The van der Waals surface area contributed by atoms with Gasteiger partial charge in [-0.25, -0.2) is 0 Å². The Morgan fingerprint density at radius 1 is 0.941 bits per heavy atom. The van der Waals surface area contributed by atoms with Crippen molar-refractivity contribution in [2.24, 2.45) is 28.8 Å². The second-order valence-corrected chi connectivity index (χ2v) is 18.3. The van der Waals surface area contributed by atoms with Crippen molar-refractivity contribution in [2.75, 3.05) is 45.7 Å². The Bertz CT molecular complexity index is 2500. The number of hydrogen-bond donors (Lipinski definition) is 6. The van der Waals surface area contributed by atoms with E-state index < -0.39 is 88.8 Å². The number of methoxy groups -OCH3 is 2. The summed E-state index contributed by atoms with van der Waals surface area (Å²) < 4.78 is 29.2. The molecule has 17 heteroatoms. The van der Waals surface area contributed by atoms with Crippen molar-refractivity contribution in [3.63, 3.8) is 0 Å². The van der Waals surface area contributed by atoms with Gasteiger partial charge in [0, 0.05) is 93.9 Å². The summed E-state index contributed by atoms with van der Waals surface area (Å²) in [6.45, 7) is 15.7. The van der Waals surface area contributed by atoms with Crippen LogP contribution in [0.25, 0.3) is 10.8 Å². The van der Waals surface area contributed by atoms with Crippen LogP contribution in [-0.4, -0.2) is 130 Å². The second kappa shape index (κ2) is 21.4. The molecule has 1 fully saturated rings. The lowest BCUT2D eigenvalue weighted by Gasteiger charge is -2.38. The third kappa shape index (κ3) is 10.6. The van der Waals surface area contributed by atoms with E-state index in [-0.39, 0.29) is 44.5 Å². The first-order valence-electron chi connectivity index (χ1n) is 22.9. The average Bonchev–Trinajstić information content (AvgIpc) is 3.41. The highest BCUT2D eigenvalue weighted by molar-refractivity contribution is 6.23. The van der Waals surface area contributed by atoms with Crippen molar-refractivity contribution in [1.82, 2.24) is 9.91 Å². The highest BCUT2D eigenvalue weighted by Gasteiger charge is 2.50. The molecule has 1 amide bonds. The van der Waals surface area contributed by atoms with Crippen LogP contribution >= 0.6 is 0 Å². The molecule has 0 saturated carbocycles. The van der Waals surface area contributed by atoms with Crippen molar-refractivity contribution in [3.05, 3.63) is 82.7 Å². The predicted molar refractivity (Wildman–Crippen MR) is 256 cm³/mol. The number of hydrazone groups is 1. The summed E-state index contributed by atoms with van der Waals surface area (Å²) in [5.74, 6) is -7.72. The number of carbonyl (C=O) groups excluding carboxylic acids is 3. The summed E-state index contributed by atoms with van der Waals surface area (Å²) in [5.41, 5.74) is 0.689. The fraction of sp³-hybridized carbons (Fsp3) is 0.490. The Morgan fingerprint density at radius 2 is 1.68 bits per heavy atom. The van der Waals surface area contributed by atoms with E-state index in [1.807, 2.05) is 29.3 Å². The van der Waals surface area contributed by atoms with Crippen molar-refractivity contribution < 1.29 is 63.6 Å². The number of fused-ring (bicyclic) bond motifs is 14. The zero-order valence-corrected chi connectivity index (χ0v) is 40.5. The van der Waals surface area contributed by atoms with Gasteiger partial charge in [0.15, 0.2) is 5.75 Å². The normalized spacial score (nSPS) is 27.8. The summed E-state index contributed by atoms with van der Waals surface area (Å²) in [6.07, 6.45) is 5.60. The molecular formula is C51H66N4O13. The van der Waals surface area contributed by atoms with Crippen LogP contribution in [0.4, 0.5) is 5.69 Å². The molecule has 4 heterocycles. The van der Waals surface area contributed by atoms with E-state index in [1.54, 1.807) is 47.0 Å². The predicted octanol–water partition coefficient (Wildman–Crippen LogP) is 6.30. The maximum atomic E-state index is 14.6. The van der Waals surface area contributed by atoms with Crippen molar-refractivity contribution in [3.8, 4) is 28.7 Å². The van der Waals surface area contributed by atoms with Gasteiger partial charge >= 0.3 is 11.8 Å². The van der Waals surface area contributed by atoms with E-state index in [1.165, 1.54) is 59.4 Å². The number of phenolic OH excluding ortho intramolecular Hbond substituents is 3. The largest absolute Gasteiger partial charge is 0.507 e. The summed E-state index contributed by atoms with van der Waals surface area (Å²) in [6, 6.07) is 7.88. The first-order valence-corrected chi connectivity index (χ1v) is 22.9. The molecule has 9 atom stereocenters. The molecule has 68 heavy (non-hydrogen) atoms. The maximum absolute atomic E-state index is 14.6. The number of nitrogens with zero attached hydrogens (tertiary/aromatic N) is 3. The van der Waals surface area contributed by atoms with E-state index in [9.17, 15) is 39.9 Å². The SMILES string of the molecule is COc1cccc(CN2CCCN(N=Cc3c4c(O)c5c(O)c(C)c6c(c5c3O)C(=O)[C@@](C)(OC=C[C@H](OC)[C@H](C)[C@H](OC(C)=O)[C@H](C)[C@H](O)[C@H](C)[C@H](O)[C@@H](C)C=CC=C(C)C(=O)N4)O6)CC2)c1. The highest BCUT2D eigenvalue weighted by atomic mass is 16.7. The number of rotatable bonds is 7. The molecule has 0 aliphatic carbocycles. The van der Waals surface area contributed by atoms with Crippen LogP contribution in [0.2, 0.25) is 0 Å². The monoisotopic (exact) mass is 942 g/mol. The van der Waals surface area contributed by atoms with Crippen molar-refractivity contribution >= 4 is 40.3 Å². The van der Waals surface area contributed by atoms with Gasteiger partial charge in [0.1, 0.15) is 29.1 Å². The van der Waals surface area contributed by atoms with Crippen LogP contribution in [0.1, 0.15) is 81.9 Å². The number of benzene rings is 3. The van der Waals surface area contributed by atoms with E-state index in [2.05, 4.69) is 10.2 Å². The molecular weight excluding hydrogens is 877 g/mol. The number of aliphatic hydroxyl groups excluding tert-OH is 2. The molecule has 17 nitrogen and oxygen atoms in total. The number of esters is 1. The molecule has 1 saturated heterocycles. The minimum Gasteiger partial charge on any atom is -0.507 e. The van der Waals surface area contributed by atoms with E-state index in [0.717, 1.165) is 24.3 Å². The smallest absolute Gasteiger partial charge is 0.312 e.